The molecule has 6 nitrogen and oxygen atoms in total. The third-order valence-electron chi connectivity index (χ3n) is 4.51. The average Bonchev–Trinajstić information content (AvgIpc) is 2.71. The molecule has 0 amide bonds. The van der Waals surface area contributed by atoms with E-state index in [0.717, 1.165) is 16.1 Å². The molecule has 2 N–H and O–H groups in total. The van der Waals surface area contributed by atoms with Gasteiger partial charge in [-0.25, -0.2) is 0 Å². The summed E-state index contributed by atoms with van der Waals surface area (Å²) in [5, 5.41) is 7.43. The molecule has 2 aromatic carbocycles. The van der Waals surface area contributed by atoms with Crippen LogP contribution >= 0.6 is 11.6 Å². The zero-order chi connectivity index (χ0) is 20.5. The first-order chi connectivity index (χ1) is 13.5. The minimum Gasteiger partial charge on any atom is -0.493 e. The van der Waals surface area contributed by atoms with Gasteiger partial charge in [-0.1, -0.05) is 35.9 Å². The van der Waals surface area contributed by atoms with E-state index in [0.29, 0.717) is 30.5 Å². The summed E-state index contributed by atoms with van der Waals surface area (Å²) >= 11 is 6.22. The third-order valence-corrected chi connectivity index (χ3v) is 4.88. The van der Waals surface area contributed by atoms with Gasteiger partial charge in [-0.3, -0.25) is 4.99 Å². The highest BCUT2D eigenvalue weighted by Crippen LogP contribution is 2.31. The average molecular weight is 405 g/mol. The predicted octanol–water partition coefficient (Wildman–Crippen LogP) is 3.33. The highest BCUT2D eigenvalue weighted by Gasteiger charge is 2.17. The second-order valence-corrected chi connectivity index (χ2v) is 6.90. The molecule has 2 aromatic rings. The molecule has 0 spiro atoms. The van der Waals surface area contributed by atoms with E-state index in [1.54, 1.807) is 21.3 Å². The Morgan fingerprint density at radius 2 is 1.79 bits per heavy atom. The van der Waals surface area contributed by atoms with Crippen LogP contribution < -0.4 is 20.1 Å². The number of methoxy groups -OCH3 is 2. The minimum absolute atomic E-state index is 0.124. The molecule has 1 unspecified atom stereocenters. The van der Waals surface area contributed by atoms with Crippen molar-refractivity contribution in [3.63, 3.8) is 0 Å². The van der Waals surface area contributed by atoms with Crippen LogP contribution in [-0.2, 0) is 6.54 Å². The van der Waals surface area contributed by atoms with Gasteiger partial charge in [-0.05, 0) is 43.4 Å². The summed E-state index contributed by atoms with van der Waals surface area (Å²) in [6.07, 6.45) is 0. The van der Waals surface area contributed by atoms with Crippen LogP contribution in [0.1, 0.15) is 17.2 Å². The van der Waals surface area contributed by atoms with E-state index in [4.69, 9.17) is 21.1 Å². The topological polar surface area (TPSA) is 58.1 Å². The lowest BCUT2D eigenvalue weighted by atomic mass is 10.1. The molecule has 7 heteroatoms. The number of benzene rings is 2. The first-order valence-electron chi connectivity index (χ1n) is 9.06. The van der Waals surface area contributed by atoms with E-state index in [1.807, 2.05) is 56.6 Å². The first-order valence-corrected chi connectivity index (χ1v) is 9.44. The molecule has 0 saturated carbocycles. The molecule has 0 aliphatic carbocycles. The quantitative estimate of drug-likeness (QED) is 0.522. The lowest BCUT2D eigenvalue weighted by Gasteiger charge is -2.26. The van der Waals surface area contributed by atoms with Gasteiger partial charge < -0.3 is 25.0 Å². The highest BCUT2D eigenvalue weighted by molar-refractivity contribution is 6.31. The standard InChI is InChI=1S/C21H29ClN4O2/c1-23-21(24-13-16-8-6-7-9-17(16)22)25-14-18(26(2)3)15-10-11-19(27-4)20(12-15)28-5/h6-12,18H,13-14H2,1-5H3,(H2,23,24,25). The van der Waals surface area contributed by atoms with E-state index in [2.05, 4.69) is 20.5 Å². The number of likely N-dealkylation sites (N-methyl/N-ethyl adjacent to an activating group) is 1. The van der Waals surface area contributed by atoms with E-state index >= 15 is 0 Å². The number of hydrogen-bond donors (Lipinski definition) is 2. The number of ether oxygens (including phenoxy) is 2. The Morgan fingerprint density at radius 3 is 2.39 bits per heavy atom. The molecule has 0 aliphatic heterocycles. The number of nitrogens with zero attached hydrogens (tertiary/aromatic N) is 2. The Morgan fingerprint density at radius 1 is 1.07 bits per heavy atom. The Bertz CT molecular complexity index is 796. The van der Waals surface area contributed by atoms with Crippen LogP contribution in [0.2, 0.25) is 5.02 Å². The van der Waals surface area contributed by atoms with Gasteiger partial charge in [0.2, 0.25) is 0 Å². The molecule has 0 radical (unpaired) electrons. The summed E-state index contributed by atoms with van der Waals surface area (Å²) in [6, 6.07) is 13.9. The van der Waals surface area contributed by atoms with Gasteiger partial charge >= 0.3 is 0 Å². The second kappa shape index (κ2) is 10.8. The third kappa shape index (κ3) is 5.78. The molecule has 0 bridgehead atoms. The zero-order valence-electron chi connectivity index (χ0n) is 17.1. The van der Waals surface area contributed by atoms with Crippen LogP contribution in [0, 0.1) is 0 Å². The van der Waals surface area contributed by atoms with Gasteiger partial charge in [0.15, 0.2) is 17.5 Å². The maximum atomic E-state index is 6.22. The van der Waals surface area contributed by atoms with Crippen molar-refractivity contribution in [3.05, 3.63) is 58.6 Å². The fourth-order valence-corrected chi connectivity index (χ4v) is 3.10. The smallest absolute Gasteiger partial charge is 0.191 e. The minimum atomic E-state index is 0.124. The van der Waals surface area contributed by atoms with Gasteiger partial charge in [0.05, 0.1) is 20.3 Å². The van der Waals surface area contributed by atoms with Crippen LogP contribution in [0.3, 0.4) is 0 Å². The number of aliphatic imine (C=N–C) groups is 1. The number of nitrogens with one attached hydrogen (secondary N) is 2. The number of rotatable bonds is 8. The lowest BCUT2D eigenvalue weighted by molar-refractivity contribution is 0.295. The van der Waals surface area contributed by atoms with Crippen LogP contribution in [0.4, 0.5) is 0 Å². The molecular formula is C21H29ClN4O2. The Kier molecular flexibility index (Phi) is 8.42. The molecule has 28 heavy (non-hydrogen) atoms. The van der Waals surface area contributed by atoms with Crippen LogP contribution in [0.5, 0.6) is 11.5 Å². The Labute approximate surface area is 172 Å². The maximum Gasteiger partial charge on any atom is 0.191 e. The molecule has 1 atom stereocenters. The molecule has 0 aliphatic rings. The molecule has 0 saturated heterocycles. The van der Waals surface area contributed by atoms with Crippen molar-refractivity contribution >= 4 is 17.6 Å². The largest absolute Gasteiger partial charge is 0.493 e. The lowest BCUT2D eigenvalue weighted by Crippen LogP contribution is -2.41. The van der Waals surface area contributed by atoms with Crippen molar-refractivity contribution in [3.8, 4) is 11.5 Å². The van der Waals surface area contributed by atoms with Crippen molar-refractivity contribution in [2.45, 2.75) is 12.6 Å². The summed E-state index contributed by atoms with van der Waals surface area (Å²) < 4.78 is 10.8. The molecule has 152 valence electrons. The SMILES string of the molecule is CN=C(NCc1ccccc1Cl)NCC(c1ccc(OC)c(OC)c1)N(C)C. The summed E-state index contributed by atoms with van der Waals surface area (Å²) in [7, 11) is 9.12. The second-order valence-electron chi connectivity index (χ2n) is 6.49. The summed E-state index contributed by atoms with van der Waals surface area (Å²) in [5.41, 5.74) is 2.15. The van der Waals surface area contributed by atoms with E-state index in [9.17, 15) is 0 Å². The highest BCUT2D eigenvalue weighted by atomic mass is 35.5. The molecular weight excluding hydrogens is 376 g/mol. The first kappa shape index (κ1) is 21.9. The number of guanidine groups is 1. The normalized spacial score (nSPS) is 12.6. The van der Waals surface area contributed by atoms with Gasteiger partial charge in [-0.15, -0.1) is 0 Å². The van der Waals surface area contributed by atoms with E-state index in [1.165, 1.54) is 0 Å². The van der Waals surface area contributed by atoms with Crippen molar-refractivity contribution in [2.75, 3.05) is 41.9 Å². The summed E-state index contributed by atoms with van der Waals surface area (Å²) in [6.45, 7) is 1.27. The Balaban J connectivity index is 2.04. The molecule has 0 heterocycles. The van der Waals surface area contributed by atoms with Crippen LogP contribution in [-0.4, -0.2) is 52.8 Å². The predicted molar refractivity (Wildman–Crippen MR) is 116 cm³/mol. The van der Waals surface area contributed by atoms with E-state index < -0.39 is 0 Å². The molecule has 0 aromatic heterocycles. The maximum absolute atomic E-state index is 6.22. The fraction of sp³-hybridized carbons (Fsp3) is 0.381. The number of halogens is 1. The van der Waals surface area contributed by atoms with Gasteiger partial charge in [0.1, 0.15) is 0 Å². The van der Waals surface area contributed by atoms with Gasteiger partial charge in [0, 0.05) is 25.2 Å². The van der Waals surface area contributed by atoms with Crippen molar-refractivity contribution < 1.29 is 9.47 Å². The van der Waals surface area contributed by atoms with Crippen molar-refractivity contribution in [1.82, 2.24) is 15.5 Å². The Hall–Kier alpha value is -2.44. The van der Waals surface area contributed by atoms with Crippen molar-refractivity contribution in [2.24, 2.45) is 4.99 Å². The monoisotopic (exact) mass is 404 g/mol. The molecule has 2 rings (SSSR count). The van der Waals surface area contributed by atoms with Crippen LogP contribution in [0.15, 0.2) is 47.5 Å². The van der Waals surface area contributed by atoms with E-state index in [-0.39, 0.29) is 6.04 Å². The fourth-order valence-electron chi connectivity index (χ4n) is 2.89. The summed E-state index contributed by atoms with van der Waals surface area (Å²) in [4.78, 5) is 6.46. The summed E-state index contributed by atoms with van der Waals surface area (Å²) in [5.74, 6) is 2.15. The van der Waals surface area contributed by atoms with Crippen LogP contribution in [0.25, 0.3) is 0 Å². The number of hydrogen-bond acceptors (Lipinski definition) is 4. The van der Waals surface area contributed by atoms with Crippen molar-refractivity contribution in [1.29, 1.82) is 0 Å². The molecule has 0 fully saturated rings. The van der Waals surface area contributed by atoms with Gasteiger partial charge in [0.25, 0.3) is 0 Å². The van der Waals surface area contributed by atoms with Gasteiger partial charge in [-0.2, -0.15) is 0 Å². The zero-order valence-corrected chi connectivity index (χ0v) is 17.9.